The molecule has 2 rings (SSSR count). The van der Waals surface area contributed by atoms with Gasteiger partial charge in [0.1, 0.15) is 12.4 Å². The first kappa shape index (κ1) is 15.6. The third-order valence-electron chi connectivity index (χ3n) is 3.83. The molecule has 0 saturated carbocycles. The minimum absolute atomic E-state index is 0.227. The van der Waals surface area contributed by atoms with Crippen LogP contribution in [0.25, 0.3) is 0 Å². The van der Waals surface area contributed by atoms with Gasteiger partial charge in [-0.05, 0) is 43.5 Å². The maximum Gasteiger partial charge on any atom is 0.334 e. The quantitative estimate of drug-likeness (QED) is 0.781. The molecular weight excluding hydrogens is 266 g/mol. The molecule has 0 amide bonds. The molecule has 114 valence electrons. The monoisotopic (exact) mass is 289 g/mol. The van der Waals surface area contributed by atoms with E-state index in [1.807, 2.05) is 12.1 Å². The van der Waals surface area contributed by atoms with E-state index in [1.54, 1.807) is 0 Å². The van der Waals surface area contributed by atoms with Gasteiger partial charge in [-0.15, -0.1) is 0 Å². The van der Waals surface area contributed by atoms with Gasteiger partial charge < -0.3 is 9.47 Å². The maximum atomic E-state index is 11.5. The van der Waals surface area contributed by atoms with Crippen LogP contribution in [0.4, 0.5) is 0 Å². The lowest BCUT2D eigenvalue weighted by molar-refractivity contribution is -0.136. The van der Waals surface area contributed by atoms with Crippen molar-refractivity contribution in [2.45, 2.75) is 20.3 Å². The number of carbonyl (C=O) groups is 1. The highest BCUT2D eigenvalue weighted by atomic mass is 16.5. The fraction of sp³-hybridized carbons (Fsp3) is 0.471. The first-order valence-electron chi connectivity index (χ1n) is 7.30. The smallest absolute Gasteiger partial charge is 0.334 e. The van der Waals surface area contributed by atoms with Gasteiger partial charge in [-0.3, -0.25) is 4.90 Å². The van der Waals surface area contributed by atoms with Gasteiger partial charge in [-0.1, -0.05) is 12.1 Å². The van der Waals surface area contributed by atoms with Crippen molar-refractivity contribution in [3.8, 4) is 5.75 Å². The minimum atomic E-state index is -0.227. The Morgan fingerprint density at radius 2 is 2.10 bits per heavy atom. The van der Waals surface area contributed by atoms with Crippen molar-refractivity contribution in [1.82, 2.24) is 4.90 Å². The van der Waals surface area contributed by atoms with Gasteiger partial charge in [-0.25, -0.2) is 4.79 Å². The van der Waals surface area contributed by atoms with Gasteiger partial charge in [-0.2, -0.15) is 0 Å². The van der Waals surface area contributed by atoms with E-state index < -0.39 is 0 Å². The Morgan fingerprint density at radius 1 is 1.29 bits per heavy atom. The van der Waals surface area contributed by atoms with E-state index in [-0.39, 0.29) is 5.97 Å². The second kappa shape index (κ2) is 7.27. The van der Waals surface area contributed by atoms with Gasteiger partial charge in [0, 0.05) is 25.2 Å². The van der Waals surface area contributed by atoms with Crippen LogP contribution in [0, 0.1) is 13.8 Å². The number of carbonyl (C=O) groups excluding carboxylic acids is 1. The average molecular weight is 289 g/mol. The van der Waals surface area contributed by atoms with Crippen LogP contribution in [0.1, 0.15) is 17.5 Å². The molecule has 0 N–H and O–H groups in total. The van der Waals surface area contributed by atoms with E-state index in [1.165, 1.54) is 18.2 Å². The van der Waals surface area contributed by atoms with Crippen LogP contribution in [0.2, 0.25) is 0 Å². The number of nitrogens with zero attached hydrogens (tertiary/aromatic N) is 1. The predicted molar refractivity (Wildman–Crippen MR) is 82.6 cm³/mol. The van der Waals surface area contributed by atoms with Crippen LogP contribution in [0.3, 0.4) is 0 Å². The van der Waals surface area contributed by atoms with Crippen LogP contribution in [0.15, 0.2) is 29.8 Å². The highest BCUT2D eigenvalue weighted by molar-refractivity contribution is 5.88. The highest BCUT2D eigenvalue weighted by Crippen LogP contribution is 2.17. The molecule has 21 heavy (non-hydrogen) atoms. The van der Waals surface area contributed by atoms with Crippen LogP contribution >= 0.6 is 0 Å². The van der Waals surface area contributed by atoms with Crippen LogP contribution in [0.5, 0.6) is 5.75 Å². The molecule has 0 atom stereocenters. The van der Waals surface area contributed by atoms with Crippen LogP contribution < -0.4 is 4.74 Å². The summed E-state index contributed by atoms with van der Waals surface area (Å²) in [6, 6.07) is 6.13. The zero-order valence-electron chi connectivity index (χ0n) is 13.0. The molecule has 1 heterocycles. The summed E-state index contributed by atoms with van der Waals surface area (Å²) in [5.74, 6) is 0.675. The summed E-state index contributed by atoms with van der Waals surface area (Å²) in [4.78, 5) is 13.7. The Hall–Kier alpha value is -1.81. The molecule has 0 spiro atoms. The standard InChI is InChI=1S/C17H23NO3/c1-13-6-7-16(11-14(13)2)21-10-9-18-8-4-5-15(12-18)17(19)20-3/h5-7,11H,4,8-10,12H2,1-3H3. The fourth-order valence-corrected chi connectivity index (χ4v) is 2.37. The summed E-state index contributed by atoms with van der Waals surface area (Å²) in [7, 11) is 1.42. The Morgan fingerprint density at radius 3 is 2.81 bits per heavy atom. The second-order valence-corrected chi connectivity index (χ2v) is 5.38. The first-order chi connectivity index (χ1) is 10.1. The lowest BCUT2D eigenvalue weighted by Crippen LogP contribution is -2.35. The molecule has 0 radical (unpaired) electrons. The number of methoxy groups -OCH3 is 1. The van der Waals surface area contributed by atoms with Gasteiger partial charge in [0.05, 0.1) is 7.11 Å². The van der Waals surface area contributed by atoms with Gasteiger partial charge in [0.15, 0.2) is 0 Å². The number of benzene rings is 1. The summed E-state index contributed by atoms with van der Waals surface area (Å²) < 4.78 is 10.6. The molecule has 1 aliphatic heterocycles. The predicted octanol–water partition coefficient (Wildman–Crippen LogP) is 2.49. The Bertz CT molecular complexity index is 537. The molecule has 1 aromatic rings. The summed E-state index contributed by atoms with van der Waals surface area (Å²) >= 11 is 0. The highest BCUT2D eigenvalue weighted by Gasteiger charge is 2.18. The van der Waals surface area contributed by atoms with Crippen molar-refractivity contribution in [2.24, 2.45) is 0 Å². The molecule has 0 fully saturated rings. The third-order valence-corrected chi connectivity index (χ3v) is 3.83. The number of rotatable bonds is 5. The van der Waals surface area contributed by atoms with E-state index >= 15 is 0 Å². The number of aryl methyl sites for hydroxylation is 2. The van der Waals surface area contributed by atoms with Gasteiger partial charge in [0.2, 0.25) is 0 Å². The zero-order chi connectivity index (χ0) is 15.2. The number of hydrogen-bond acceptors (Lipinski definition) is 4. The molecule has 0 saturated heterocycles. The Labute approximate surface area is 126 Å². The molecule has 0 unspecified atom stereocenters. The summed E-state index contributed by atoms with van der Waals surface area (Å²) in [6.45, 7) is 7.20. The summed E-state index contributed by atoms with van der Waals surface area (Å²) in [5.41, 5.74) is 3.25. The minimum Gasteiger partial charge on any atom is -0.492 e. The number of esters is 1. The summed E-state index contributed by atoms with van der Waals surface area (Å²) in [5, 5.41) is 0. The largest absolute Gasteiger partial charge is 0.492 e. The lowest BCUT2D eigenvalue weighted by Gasteiger charge is -2.26. The second-order valence-electron chi connectivity index (χ2n) is 5.38. The van der Waals surface area contributed by atoms with Gasteiger partial charge >= 0.3 is 5.97 Å². The average Bonchev–Trinajstić information content (AvgIpc) is 2.50. The van der Waals surface area contributed by atoms with E-state index in [0.29, 0.717) is 13.2 Å². The first-order valence-corrected chi connectivity index (χ1v) is 7.30. The van der Waals surface area contributed by atoms with E-state index in [4.69, 9.17) is 9.47 Å². The zero-order valence-corrected chi connectivity index (χ0v) is 13.0. The van der Waals surface area contributed by atoms with Crippen molar-refractivity contribution in [1.29, 1.82) is 0 Å². The molecule has 0 bridgehead atoms. The topological polar surface area (TPSA) is 38.8 Å². The van der Waals surface area contributed by atoms with Gasteiger partial charge in [0.25, 0.3) is 0 Å². The summed E-state index contributed by atoms with van der Waals surface area (Å²) in [6.07, 6.45) is 2.85. The SMILES string of the molecule is COC(=O)C1=CCCN(CCOc2ccc(C)c(C)c2)C1. The number of ether oxygens (including phenoxy) is 2. The Kier molecular flexibility index (Phi) is 5.39. The van der Waals surface area contributed by atoms with Crippen molar-refractivity contribution in [3.63, 3.8) is 0 Å². The van der Waals surface area contributed by atoms with Crippen LogP contribution in [-0.4, -0.2) is 44.2 Å². The van der Waals surface area contributed by atoms with Crippen molar-refractivity contribution in [3.05, 3.63) is 41.0 Å². The van der Waals surface area contributed by atoms with E-state index in [0.717, 1.165) is 30.8 Å². The normalized spacial score (nSPS) is 15.5. The maximum absolute atomic E-state index is 11.5. The molecule has 4 nitrogen and oxygen atoms in total. The fourth-order valence-electron chi connectivity index (χ4n) is 2.37. The molecule has 1 aliphatic rings. The molecule has 0 aliphatic carbocycles. The number of hydrogen-bond donors (Lipinski definition) is 0. The molecule has 4 heteroatoms. The Balaban J connectivity index is 1.80. The van der Waals surface area contributed by atoms with Crippen molar-refractivity contribution < 1.29 is 14.3 Å². The molecular formula is C17H23NO3. The van der Waals surface area contributed by atoms with Crippen molar-refractivity contribution in [2.75, 3.05) is 33.4 Å². The molecule has 0 aromatic heterocycles. The lowest BCUT2D eigenvalue weighted by atomic mass is 10.1. The van der Waals surface area contributed by atoms with Crippen LogP contribution in [-0.2, 0) is 9.53 Å². The van der Waals surface area contributed by atoms with Crippen molar-refractivity contribution >= 4 is 5.97 Å². The van der Waals surface area contributed by atoms with E-state index in [2.05, 4.69) is 30.9 Å². The third kappa shape index (κ3) is 4.33. The molecule has 1 aromatic carbocycles. The van der Waals surface area contributed by atoms with E-state index in [9.17, 15) is 4.79 Å².